The quantitative estimate of drug-likeness (QED) is 0.788. The molecule has 0 amide bonds. The van der Waals surface area contributed by atoms with Crippen LogP contribution >= 0.6 is 15.9 Å². The Bertz CT molecular complexity index is 497. The van der Waals surface area contributed by atoms with Crippen LogP contribution in [0.1, 0.15) is 39.0 Å². The molecule has 0 radical (unpaired) electrons. The van der Waals surface area contributed by atoms with Crippen LogP contribution in [0.15, 0.2) is 15.5 Å². The third-order valence-electron chi connectivity index (χ3n) is 3.98. The fourth-order valence-electron chi connectivity index (χ4n) is 2.64. The van der Waals surface area contributed by atoms with E-state index >= 15 is 0 Å². The molecule has 1 fully saturated rings. The number of anilines is 1. The zero-order valence-corrected chi connectivity index (χ0v) is 14.3. The van der Waals surface area contributed by atoms with Gasteiger partial charge in [0.15, 0.2) is 0 Å². The maximum Gasteiger partial charge on any atom is 0.283 e. The van der Waals surface area contributed by atoms with Crippen LogP contribution in [0.2, 0.25) is 0 Å². The fourth-order valence-corrected chi connectivity index (χ4v) is 3.08. The standard InChI is InChI=1S/C15H25BrN4O/c1-2-3-9-20-15(21)14(16)13(11-19-20)18-8-6-12-5-4-7-17-10-12/h11-12,17-18H,2-10H2,1H3. The average molecular weight is 357 g/mol. The third kappa shape index (κ3) is 4.81. The van der Waals surface area contributed by atoms with Gasteiger partial charge >= 0.3 is 0 Å². The van der Waals surface area contributed by atoms with E-state index < -0.39 is 0 Å². The predicted octanol–water partition coefficient (Wildman–Crippen LogP) is 2.61. The van der Waals surface area contributed by atoms with Gasteiger partial charge in [0.2, 0.25) is 0 Å². The molecule has 1 aromatic rings. The zero-order chi connectivity index (χ0) is 15.1. The van der Waals surface area contributed by atoms with Crippen LogP contribution in [0.3, 0.4) is 0 Å². The third-order valence-corrected chi connectivity index (χ3v) is 4.74. The minimum absolute atomic E-state index is 0.0483. The first kappa shape index (κ1) is 16.5. The van der Waals surface area contributed by atoms with Crippen molar-refractivity contribution in [3.05, 3.63) is 21.0 Å². The van der Waals surface area contributed by atoms with E-state index in [9.17, 15) is 4.79 Å². The number of rotatable bonds is 7. The topological polar surface area (TPSA) is 59.0 Å². The molecule has 21 heavy (non-hydrogen) atoms. The summed E-state index contributed by atoms with van der Waals surface area (Å²) >= 11 is 3.40. The lowest BCUT2D eigenvalue weighted by atomic mass is 9.96. The molecule has 6 heteroatoms. The number of nitrogens with one attached hydrogen (secondary N) is 2. The Labute approximate surface area is 134 Å². The van der Waals surface area contributed by atoms with Gasteiger partial charge in [-0.15, -0.1) is 0 Å². The van der Waals surface area contributed by atoms with Crippen molar-refractivity contribution in [2.75, 3.05) is 25.0 Å². The first-order valence-corrected chi connectivity index (χ1v) is 8.72. The largest absolute Gasteiger partial charge is 0.383 e. The molecule has 1 atom stereocenters. The number of aromatic nitrogens is 2. The maximum atomic E-state index is 12.2. The van der Waals surface area contributed by atoms with E-state index in [4.69, 9.17) is 0 Å². The van der Waals surface area contributed by atoms with Crippen molar-refractivity contribution in [2.45, 2.75) is 45.6 Å². The van der Waals surface area contributed by atoms with E-state index in [1.54, 1.807) is 6.20 Å². The normalized spacial score (nSPS) is 18.7. The minimum Gasteiger partial charge on any atom is -0.383 e. The number of unbranched alkanes of at least 4 members (excludes halogenated alkanes) is 1. The smallest absolute Gasteiger partial charge is 0.283 e. The summed E-state index contributed by atoms with van der Waals surface area (Å²) in [6, 6.07) is 0. The molecule has 5 nitrogen and oxygen atoms in total. The summed E-state index contributed by atoms with van der Waals surface area (Å²) < 4.78 is 2.12. The Kier molecular flexibility index (Phi) is 6.70. The van der Waals surface area contributed by atoms with Crippen LogP contribution in [0.25, 0.3) is 0 Å². The second-order valence-corrected chi connectivity index (χ2v) is 6.47. The molecule has 1 unspecified atom stereocenters. The van der Waals surface area contributed by atoms with Crippen LogP contribution in [-0.2, 0) is 6.54 Å². The fraction of sp³-hybridized carbons (Fsp3) is 0.733. The van der Waals surface area contributed by atoms with Crippen molar-refractivity contribution in [1.82, 2.24) is 15.1 Å². The average Bonchev–Trinajstić information content (AvgIpc) is 2.52. The van der Waals surface area contributed by atoms with Crippen LogP contribution in [0, 0.1) is 5.92 Å². The summed E-state index contributed by atoms with van der Waals surface area (Å²) in [6.07, 6.45) is 7.47. The van der Waals surface area contributed by atoms with Crippen LogP contribution in [0.5, 0.6) is 0 Å². The lowest BCUT2D eigenvalue weighted by Crippen LogP contribution is -2.31. The number of hydrogen-bond donors (Lipinski definition) is 2. The second kappa shape index (κ2) is 8.54. The van der Waals surface area contributed by atoms with E-state index in [0.29, 0.717) is 11.0 Å². The number of piperidine rings is 1. The van der Waals surface area contributed by atoms with Gasteiger partial charge in [0.25, 0.3) is 5.56 Å². The van der Waals surface area contributed by atoms with E-state index in [-0.39, 0.29) is 5.56 Å². The predicted molar refractivity (Wildman–Crippen MR) is 89.8 cm³/mol. The summed E-state index contributed by atoms with van der Waals surface area (Å²) in [4.78, 5) is 12.2. The highest BCUT2D eigenvalue weighted by Gasteiger charge is 2.13. The lowest BCUT2D eigenvalue weighted by Gasteiger charge is -2.22. The Morgan fingerprint density at radius 3 is 3.14 bits per heavy atom. The van der Waals surface area contributed by atoms with Crippen molar-refractivity contribution >= 4 is 21.6 Å². The molecule has 118 valence electrons. The lowest BCUT2D eigenvalue weighted by molar-refractivity contribution is 0.364. The summed E-state index contributed by atoms with van der Waals surface area (Å²) in [6.45, 7) is 5.93. The molecule has 0 spiro atoms. The molecular weight excluding hydrogens is 332 g/mol. The van der Waals surface area contributed by atoms with Gasteiger partial charge in [0.05, 0.1) is 11.9 Å². The van der Waals surface area contributed by atoms with Crippen LogP contribution in [0.4, 0.5) is 5.69 Å². The molecule has 1 saturated heterocycles. The molecule has 0 bridgehead atoms. The molecule has 1 aliphatic heterocycles. The summed E-state index contributed by atoms with van der Waals surface area (Å²) in [5.41, 5.74) is 0.754. The summed E-state index contributed by atoms with van der Waals surface area (Å²) in [5, 5.41) is 11.0. The first-order chi connectivity index (χ1) is 10.2. The maximum absolute atomic E-state index is 12.2. The molecule has 0 aliphatic carbocycles. The van der Waals surface area contributed by atoms with Crippen LogP contribution < -0.4 is 16.2 Å². The molecular formula is C15H25BrN4O. The Morgan fingerprint density at radius 1 is 1.57 bits per heavy atom. The van der Waals surface area contributed by atoms with Gasteiger partial charge in [-0.1, -0.05) is 13.3 Å². The Morgan fingerprint density at radius 2 is 2.43 bits per heavy atom. The number of aryl methyl sites for hydroxylation is 1. The van der Waals surface area contributed by atoms with E-state index in [2.05, 4.69) is 38.6 Å². The summed E-state index contributed by atoms with van der Waals surface area (Å²) in [5.74, 6) is 0.739. The Balaban J connectivity index is 1.88. The van der Waals surface area contributed by atoms with E-state index in [1.807, 2.05) is 0 Å². The van der Waals surface area contributed by atoms with E-state index in [0.717, 1.165) is 50.5 Å². The number of hydrogen-bond acceptors (Lipinski definition) is 4. The second-order valence-electron chi connectivity index (χ2n) is 5.68. The summed E-state index contributed by atoms with van der Waals surface area (Å²) in [7, 11) is 0. The molecule has 0 saturated carbocycles. The molecule has 1 aliphatic rings. The number of halogens is 1. The van der Waals surface area contributed by atoms with Gasteiger partial charge in [0, 0.05) is 13.1 Å². The number of nitrogens with zero attached hydrogens (tertiary/aromatic N) is 2. The first-order valence-electron chi connectivity index (χ1n) is 7.92. The molecule has 1 aromatic heterocycles. The van der Waals surface area contributed by atoms with Crippen molar-refractivity contribution in [1.29, 1.82) is 0 Å². The Hall–Kier alpha value is -0.880. The highest BCUT2D eigenvalue weighted by molar-refractivity contribution is 9.10. The van der Waals surface area contributed by atoms with Crippen LogP contribution in [-0.4, -0.2) is 29.4 Å². The molecule has 2 heterocycles. The highest BCUT2D eigenvalue weighted by Crippen LogP contribution is 2.18. The molecule has 2 N–H and O–H groups in total. The van der Waals surface area contributed by atoms with Gasteiger partial charge in [-0.25, -0.2) is 4.68 Å². The monoisotopic (exact) mass is 356 g/mol. The van der Waals surface area contributed by atoms with Gasteiger partial charge < -0.3 is 10.6 Å². The van der Waals surface area contributed by atoms with Crippen molar-refractivity contribution in [3.63, 3.8) is 0 Å². The molecule has 0 aromatic carbocycles. The zero-order valence-electron chi connectivity index (χ0n) is 12.7. The van der Waals surface area contributed by atoms with Gasteiger partial charge in [0.1, 0.15) is 4.47 Å². The van der Waals surface area contributed by atoms with Gasteiger partial charge in [-0.05, 0) is 60.6 Å². The molecule has 2 rings (SSSR count). The SMILES string of the molecule is CCCCn1ncc(NCCC2CCCNC2)c(Br)c1=O. The van der Waals surface area contributed by atoms with Gasteiger partial charge in [-0.2, -0.15) is 5.10 Å². The van der Waals surface area contributed by atoms with E-state index in [1.165, 1.54) is 17.5 Å². The van der Waals surface area contributed by atoms with Gasteiger partial charge in [-0.3, -0.25) is 4.79 Å². The van der Waals surface area contributed by atoms with Crippen molar-refractivity contribution < 1.29 is 0 Å². The van der Waals surface area contributed by atoms with Crippen molar-refractivity contribution in [3.8, 4) is 0 Å². The highest BCUT2D eigenvalue weighted by atomic mass is 79.9. The van der Waals surface area contributed by atoms with Crippen molar-refractivity contribution in [2.24, 2.45) is 5.92 Å². The minimum atomic E-state index is -0.0483.